The lowest BCUT2D eigenvalue weighted by Gasteiger charge is -2.08. The molecule has 0 fully saturated rings. The number of benzene rings is 2. The van der Waals surface area contributed by atoms with E-state index in [-0.39, 0.29) is 17.2 Å². The van der Waals surface area contributed by atoms with Gasteiger partial charge in [-0.25, -0.2) is 4.39 Å². The Balaban J connectivity index is 2.08. The molecular formula is C17H17FN2O3. The maximum absolute atomic E-state index is 13.6. The van der Waals surface area contributed by atoms with Gasteiger partial charge in [-0.15, -0.1) is 0 Å². The minimum atomic E-state index is -0.519. The van der Waals surface area contributed by atoms with Crippen LogP contribution < -0.4 is 10.6 Å². The van der Waals surface area contributed by atoms with E-state index in [1.807, 2.05) is 0 Å². The van der Waals surface area contributed by atoms with Gasteiger partial charge in [0.15, 0.2) is 0 Å². The van der Waals surface area contributed by atoms with E-state index in [0.717, 1.165) is 0 Å². The number of nitrogens with one attached hydrogen (secondary N) is 2. The third-order valence-electron chi connectivity index (χ3n) is 3.10. The summed E-state index contributed by atoms with van der Waals surface area (Å²) in [5, 5.41) is 5.15. The molecule has 0 atom stereocenters. The summed E-state index contributed by atoms with van der Waals surface area (Å²) < 4.78 is 18.4. The lowest BCUT2D eigenvalue weighted by atomic mass is 10.1. The van der Waals surface area contributed by atoms with Crippen LogP contribution in [0.1, 0.15) is 20.7 Å². The van der Waals surface area contributed by atoms with E-state index in [2.05, 4.69) is 10.6 Å². The van der Waals surface area contributed by atoms with Crippen molar-refractivity contribution < 1.29 is 18.7 Å². The monoisotopic (exact) mass is 316 g/mol. The second kappa shape index (κ2) is 8.05. The molecule has 23 heavy (non-hydrogen) atoms. The quantitative estimate of drug-likeness (QED) is 0.805. The Labute approximate surface area is 133 Å². The molecular weight excluding hydrogens is 299 g/mol. The van der Waals surface area contributed by atoms with E-state index in [1.54, 1.807) is 31.4 Å². The van der Waals surface area contributed by atoms with Gasteiger partial charge in [0.1, 0.15) is 5.82 Å². The Morgan fingerprint density at radius 3 is 2.43 bits per heavy atom. The van der Waals surface area contributed by atoms with Gasteiger partial charge >= 0.3 is 0 Å². The average molecular weight is 316 g/mol. The molecule has 2 aromatic rings. The number of halogens is 1. The molecule has 0 aliphatic rings. The van der Waals surface area contributed by atoms with Crippen LogP contribution in [0, 0.1) is 5.82 Å². The Bertz CT molecular complexity index is 704. The van der Waals surface area contributed by atoms with Crippen LogP contribution in [0.4, 0.5) is 10.1 Å². The van der Waals surface area contributed by atoms with Gasteiger partial charge in [0, 0.05) is 24.8 Å². The first kappa shape index (κ1) is 16.6. The second-order valence-electron chi connectivity index (χ2n) is 4.76. The van der Waals surface area contributed by atoms with Gasteiger partial charge in [-0.05, 0) is 30.3 Å². The lowest BCUT2D eigenvalue weighted by Crippen LogP contribution is -2.27. The summed E-state index contributed by atoms with van der Waals surface area (Å²) in [5.74, 6) is -1.31. The Hall–Kier alpha value is -2.73. The van der Waals surface area contributed by atoms with Crippen LogP contribution >= 0.6 is 0 Å². The summed E-state index contributed by atoms with van der Waals surface area (Å²) in [5.41, 5.74) is 0.711. The van der Waals surface area contributed by atoms with Crippen molar-refractivity contribution in [3.8, 4) is 0 Å². The first-order valence-corrected chi connectivity index (χ1v) is 7.05. The molecule has 0 aliphatic heterocycles. The summed E-state index contributed by atoms with van der Waals surface area (Å²) in [6, 6.07) is 12.1. The van der Waals surface area contributed by atoms with Crippen LogP contribution in [0.2, 0.25) is 0 Å². The van der Waals surface area contributed by atoms with E-state index >= 15 is 0 Å². The highest BCUT2D eigenvalue weighted by Gasteiger charge is 2.12. The van der Waals surface area contributed by atoms with E-state index in [9.17, 15) is 14.0 Å². The molecule has 0 heterocycles. The lowest BCUT2D eigenvalue weighted by molar-refractivity contribution is 0.0937. The number of hydrogen-bond acceptors (Lipinski definition) is 3. The topological polar surface area (TPSA) is 67.4 Å². The number of para-hydroxylation sites is 1. The molecule has 6 heteroatoms. The fourth-order valence-corrected chi connectivity index (χ4v) is 1.93. The predicted octanol–water partition coefficient (Wildman–Crippen LogP) is 2.45. The normalized spacial score (nSPS) is 10.2. The highest BCUT2D eigenvalue weighted by molar-refractivity contribution is 6.06. The molecule has 2 amide bonds. The maximum atomic E-state index is 13.6. The minimum absolute atomic E-state index is 0.0902. The first-order valence-electron chi connectivity index (χ1n) is 7.05. The standard InChI is InChI=1S/C17H17FN2O3/c1-23-10-9-19-16(21)12-5-4-6-13(11-12)17(22)20-15-8-3-2-7-14(15)18/h2-8,11H,9-10H2,1H3,(H,19,21)(H,20,22). The smallest absolute Gasteiger partial charge is 0.255 e. The van der Waals surface area contributed by atoms with Crippen LogP contribution in [0.3, 0.4) is 0 Å². The Morgan fingerprint density at radius 2 is 1.74 bits per heavy atom. The molecule has 0 aliphatic carbocycles. The number of carbonyl (C=O) groups excluding carboxylic acids is 2. The van der Waals surface area contributed by atoms with Crippen molar-refractivity contribution >= 4 is 17.5 Å². The van der Waals surface area contributed by atoms with Crippen molar-refractivity contribution in [3.05, 3.63) is 65.5 Å². The van der Waals surface area contributed by atoms with Gasteiger partial charge < -0.3 is 15.4 Å². The third kappa shape index (κ3) is 4.62. The van der Waals surface area contributed by atoms with Crippen LogP contribution in [0.15, 0.2) is 48.5 Å². The molecule has 2 aromatic carbocycles. The highest BCUT2D eigenvalue weighted by Crippen LogP contribution is 2.14. The van der Waals surface area contributed by atoms with Crippen LogP contribution in [0.25, 0.3) is 0 Å². The van der Waals surface area contributed by atoms with Crippen molar-refractivity contribution in [2.75, 3.05) is 25.6 Å². The zero-order valence-electron chi connectivity index (χ0n) is 12.6. The highest BCUT2D eigenvalue weighted by atomic mass is 19.1. The molecule has 0 saturated heterocycles. The molecule has 0 unspecified atom stereocenters. The van der Waals surface area contributed by atoms with E-state index < -0.39 is 11.7 Å². The molecule has 0 aromatic heterocycles. The predicted molar refractivity (Wildman–Crippen MR) is 85.0 cm³/mol. The molecule has 2 rings (SSSR count). The summed E-state index contributed by atoms with van der Waals surface area (Å²) in [4.78, 5) is 24.1. The molecule has 2 N–H and O–H groups in total. The molecule has 0 spiro atoms. The number of carbonyl (C=O) groups is 2. The van der Waals surface area contributed by atoms with Crippen molar-refractivity contribution in [1.82, 2.24) is 5.32 Å². The molecule has 5 nitrogen and oxygen atoms in total. The molecule has 0 radical (unpaired) electrons. The fourth-order valence-electron chi connectivity index (χ4n) is 1.93. The van der Waals surface area contributed by atoms with Gasteiger partial charge in [0.05, 0.1) is 12.3 Å². The maximum Gasteiger partial charge on any atom is 0.255 e. The van der Waals surface area contributed by atoms with Gasteiger partial charge in [0.25, 0.3) is 11.8 Å². The van der Waals surface area contributed by atoms with Gasteiger partial charge in [-0.1, -0.05) is 18.2 Å². The van der Waals surface area contributed by atoms with Crippen molar-refractivity contribution in [3.63, 3.8) is 0 Å². The Morgan fingerprint density at radius 1 is 1.04 bits per heavy atom. The summed E-state index contributed by atoms with van der Waals surface area (Å²) in [6.45, 7) is 0.778. The van der Waals surface area contributed by atoms with E-state index in [1.165, 1.54) is 24.3 Å². The fraction of sp³-hybridized carbons (Fsp3) is 0.176. The van der Waals surface area contributed by atoms with Crippen LogP contribution in [-0.4, -0.2) is 32.1 Å². The molecule has 0 bridgehead atoms. The zero-order chi connectivity index (χ0) is 16.7. The second-order valence-corrected chi connectivity index (χ2v) is 4.76. The average Bonchev–Trinajstić information content (AvgIpc) is 2.57. The largest absolute Gasteiger partial charge is 0.383 e. The SMILES string of the molecule is COCCNC(=O)c1cccc(C(=O)Nc2ccccc2F)c1. The number of amides is 2. The molecule has 120 valence electrons. The van der Waals surface area contributed by atoms with Gasteiger partial charge in [0.2, 0.25) is 0 Å². The number of methoxy groups -OCH3 is 1. The first-order chi connectivity index (χ1) is 11.1. The number of rotatable bonds is 6. The minimum Gasteiger partial charge on any atom is -0.383 e. The van der Waals surface area contributed by atoms with Crippen molar-refractivity contribution in [1.29, 1.82) is 0 Å². The zero-order valence-corrected chi connectivity index (χ0v) is 12.6. The number of ether oxygens (including phenoxy) is 1. The number of hydrogen-bond donors (Lipinski definition) is 2. The summed E-state index contributed by atoms with van der Waals surface area (Å²) in [6.07, 6.45) is 0. The van der Waals surface area contributed by atoms with Crippen molar-refractivity contribution in [2.24, 2.45) is 0 Å². The van der Waals surface area contributed by atoms with E-state index in [4.69, 9.17) is 4.74 Å². The van der Waals surface area contributed by atoms with Gasteiger partial charge in [-0.2, -0.15) is 0 Å². The van der Waals surface area contributed by atoms with Crippen LogP contribution in [0.5, 0.6) is 0 Å². The third-order valence-corrected chi connectivity index (χ3v) is 3.10. The van der Waals surface area contributed by atoms with Gasteiger partial charge in [-0.3, -0.25) is 9.59 Å². The number of anilines is 1. The van der Waals surface area contributed by atoms with E-state index in [0.29, 0.717) is 18.7 Å². The molecule has 0 saturated carbocycles. The Kier molecular flexibility index (Phi) is 5.82. The van der Waals surface area contributed by atoms with Crippen molar-refractivity contribution in [2.45, 2.75) is 0 Å². The van der Waals surface area contributed by atoms with Crippen LogP contribution in [-0.2, 0) is 4.74 Å². The summed E-state index contributed by atoms with van der Waals surface area (Å²) >= 11 is 0. The summed E-state index contributed by atoms with van der Waals surface area (Å²) in [7, 11) is 1.54.